The van der Waals surface area contributed by atoms with Gasteiger partial charge in [-0.25, -0.2) is 4.21 Å². The van der Waals surface area contributed by atoms with Gasteiger partial charge in [-0.2, -0.15) is 4.40 Å². The molecule has 0 aliphatic rings. The zero-order valence-corrected chi connectivity index (χ0v) is 12.2. The Hall–Kier alpha value is -1.74. The fraction of sp³-hybridized carbons (Fsp3) is 0.188. The molecule has 3 heteroatoms. The maximum absolute atomic E-state index is 12.3. The van der Waals surface area contributed by atoms with Crippen LogP contribution in [0.4, 0.5) is 0 Å². The Bertz CT molecular complexity index is 609. The number of benzene rings is 2. The fourth-order valence-corrected chi connectivity index (χ4v) is 3.13. The molecule has 0 unspecified atom stereocenters. The zero-order chi connectivity index (χ0) is 13.8. The zero-order valence-electron chi connectivity index (χ0n) is 11.4. The monoisotopic (exact) mass is 271 g/mol. The van der Waals surface area contributed by atoms with Crippen LogP contribution in [0.25, 0.3) is 0 Å². The highest BCUT2D eigenvalue weighted by Gasteiger charge is 2.09. The topological polar surface area (TPSA) is 29.4 Å². The third-order valence-corrected chi connectivity index (χ3v) is 4.17. The second-order valence-electron chi connectivity index (χ2n) is 4.62. The first kappa shape index (κ1) is 13.7. The Labute approximate surface area is 116 Å². The number of hydrogen-bond donors (Lipinski definition) is 0. The van der Waals surface area contributed by atoms with Crippen molar-refractivity contribution in [1.29, 1.82) is 0 Å². The summed E-state index contributed by atoms with van der Waals surface area (Å²) in [5.74, 6) is 0. The molecule has 2 aromatic rings. The molecule has 0 heterocycles. The maximum atomic E-state index is 12.3. The molecule has 0 bridgehead atoms. The molecule has 0 N–H and O–H groups in total. The van der Waals surface area contributed by atoms with E-state index in [4.69, 9.17) is 0 Å². The summed E-state index contributed by atoms with van der Waals surface area (Å²) in [6.45, 7) is 6.00. The van der Waals surface area contributed by atoms with Crippen molar-refractivity contribution in [3.8, 4) is 0 Å². The van der Waals surface area contributed by atoms with Crippen molar-refractivity contribution in [2.75, 3.05) is 0 Å². The van der Waals surface area contributed by atoms with Gasteiger partial charge >= 0.3 is 0 Å². The lowest BCUT2D eigenvalue weighted by Gasteiger charge is -2.07. The summed E-state index contributed by atoms with van der Waals surface area (Å²) in [6.07, 6.45) is 1.66. The Morgan fingerprint density at radius 2 is 1.58 bits per heavy atom. The molecule has 2 nitrogen and oxygen atoms in total. The average molecular weight is 271 g/mol. The summed E-state index contributed by atoms with van der Waals surface area (Å²) in [5.41, 5.74) is 4.20. The number of hydrogen-bond acceptors (Lipinski definition) is 1. The van der Waals surface area contributed by atoms with Gasteiger partial charge in [0.1, 0.15) is 0 Å². The van der Waals surface area contributed by atoms with Crippen molar-refractivity contribution < 1.29 is 4.21 Å². The van der Waals surface area contributed by atoms with E-state index in [9.17, 15) is 4.21 Å². The van der Waals surface area contributed by atoms with Gasteiger partial charge in [0.15, 0.2) is 11.0 Å². The van der Waals surface area contributed by atoms with E-state index in [-0.39, 0.29) is 0 Å². The quantitative estimate of drug-likeness (QED) is 0.782. The van der Waals surface area contributed by atoms with Gasteiger partial charge in [0.25, 0.3) is 0 Å². The van der Waals surface area contributed by atoms with Crippen LogP contribution in [0.5, 0.6) is 0 Å². The van der Waals surface area contributed by atoms with Gasteiger partial charge in [0, 0.05) is 6.21 Å². The molecule has 2 rings (SSSR count). The van der Waals surface area contributed by atoms with Crippen LogP contribution in [0.3, 0.4) is 0 Å². The van der Waals surface area contributed by atoms with Crippen LogP contribution in [0.1, 0.15) is 22.3 Å². The van der Waals surface area contributed by atoms with Crippen molar-refractivity contribution in [1.82, 2.24) is 0 Å². The smallest absolute Gasteiger partial charge is 0.173 e. The Balaban J connectivity index is 2.29. The number of aryl methyl sites for hydroxylation is 3. The Kier molecular flexibility index (Phi) is 4.27. The van der Waals surface area contributed by atoms with Crippen LogP contribution in [0.2, 0.25) is 0 Å². The van der Waals surface area contributed by atoms with E-state index in [2.05, 4.69) is 4.40 Å². The van der Waals surface area contributed by atoms with E-state index >= 15 is 0 Å². The van der Waals surface area contributed by atoms with E-state index in [1.54, 1.807) is 6.21 Å². The third-order valence-electron chi connectivity index (χ3n) is 2.88. The fourth-order valence-electron chi connectivity index (χ4n) is 2.14. The van der Waals surface area contributed by atoms with E-state index in [1.165, 1.54) is 5.56 Å². The Morgan fingerprint density at radius 3 is 2.16 bits per heavy atom. The molecule has 2 aromatic carbocycles. The van der Waals surface area contributed by atoms with Gasteiger partial charge in [-0.3, -0.25) is 0 Å². The van der Waals surface area contributed by atoms with Crippen LogP contribution in [-0.2, 0) is 11.0 Å². The molecule has 0 aliphatic heterocycles. The van der Waals surface area contributed by atoms with Crippen molar-refractivity contribution in [2.45, 2.75) is 25.7 Å². The molecule has 0 saturated carbocycles. The molecule has 0 saturated heterocycles. The van der Waals surface area contributed by atoms with Crippen molar-refractivity contribution in [3.05, 3.63) is 64.7 Å². The lowest BCUT2D eigenvalue weighted by molar-refractivity contribution is 0.683. The molecule has 0 amide bonds. The molecule has 98 valence electrons. The second-order valence-corrected chi connectivity index (χ2v) is 5.74. The first-order valence-corrected chi connectivity index (χ1v) is 7.27. The predicted octanol–water partition coefficient (Wildman–Crippen LogP) is 3.75. The van der Waals surface area contributed by atoms with Crippen LogP contribution in [-0.4, -0.2) is 10.4 Å². The van der Waals surface area contributed by atoms with Gasteiger partial charge in [-0.1, -0.05) is 48.0 Å². The van der Waals surface area contributed by atoms with Crippen molar-refractivity contribution in [2.24, 2.45) is 4.40 Å². The van der Waals surface area contributed by atoms with Crippen molar-refractivity contribution in [3.63, 3.8) is 0 Å². The highest BCUT2D eigenvalue weighted by molar-refractivity contribution is 7.84. The lowest BCUT2D eigenvalue weighted by atomic mass is 10.1. The van der Waals surface area contributed by atoms with E-state index in [1.807, 2.05) is 63.2 Å². The SMILES string of the molecule is Cc1cc(C)c([S@](=O)/N=C/c2ccccc2)c(C)c1. The second kappa shape index (κ2) is 5.93. The molecule has 0 radical (unpaired) electrons. The average Bonchev–Trinajstić information content (AvgIpc) is 2.36. The lowest BCUT2D eigenvalue weighted by Crippen LogP contribution is -1.97. The largest absolute Gasteiger partial charge is 0.229 e. The van der Waals surface area contributed by atoms with Gasteiger partial charge in [0.05, 0.1) is 4.90 Å². The van der Waals surface area contributed by atoms with Gasteiger partial charge < -0.3 is 0 Å². The van der Waals surface area contributed by atoms with Gasteiger partial charge in [-0.05, 0) is 37.5 Å². The molecule has 0 fully saturated rings. The van der Waals surface area contributed by atoms with Crippen LogP contribution in [0, 0.1) is 20.8 Å². The highest BCUT2D eigenvalue weighted by Crippen LogP contribution is 2.20. The van der Waals surface area contributed by atoms with E-state index in [0.717, 1.165) is 21.6 Å². The summed E-state index contributed by atoms with van der Waals surface area (Å²) >= 11 is 0. The standard InChI is InChI=1S/C16H17NOS/c1-12-9-13(2)16(14(3)10-12)19(18)17-11-15-7-5-4-6-8-15/h4-11H,1-3H3/b17-11+/t19-/m0/s1. The first-order chi connectivity index (χ1) is 9.08. The van der Waals surface area contributed by atoms with Gasteiger partial charge in [0.2, 0.25) is 0 Å². The minimum Gasteiger partial charge on any atom is -0.229 e. The third kappa shape index (κ3) is 3.38. The van der Waals surface area contributed by atoms with Gasteiger partial charge in [-0.15, -0.1) is 0 Å². The molecular formula is C16H17NOS. The molecular weight excluding hydrogens is 254 g/mol. The van der Waals surface area contributed by atoms with Crippen molar-refractivity contribution >= 4 is 17.2 Å². The number of nitrogens with zero attached hydrogens (tertiary/aromatic N) is 1. The van der Waals surface area contributed by atoms with Crippen LogP contribution < -0.4 is 0 Å². The molecule has 19 heavy (non-hydrogen) atoms. The van der Waals surface area contributed by atoms with E-state index < -0.39 is 11.0 Å². The minimum absolute atomic E-state index is 0.817. The number of rotatable bonds is 3. The first-order valence-electron chi connectivity index (χ1n) is 6.17. The summed E-state index contributed by atoms with van der Waals surface area (Å²) in [6, 6.07) is 13.8. The minimum atomic E-state index is -1.35. The highest BCUT2D eigenvalue weighted by atomic mass is 32.2. The normalized spacial score (nSPS) is 12.8. The van der Waals surface area contributed by atoms with E-state index in [0.29, 0.717) is 0 Å². The van der Waals surface area contributed by atoms with Crippen LogP contribution in [0.15, 0.2) is 51.8 Å². The predicted molar refractivity (Wildman–Crippen MR) is 81.1 cm³/mol. The molecule has 0 aromatic heterocycles. The maximum Gasteiger partial charge on any atom is 0.173 e. The van der Waals surface area contributed by atoms with Crippen LogP contribution >= 0.6 is 0 Å². The summed E-state index contributed by atoms with van der Waals surface area (Å²) in [4.78, 5) is 0.817. The summed E-state index contributed by atoms with van der Waals surface area (Å²) < 4.78 is 16.4. The summed E-state index contributed by atoms with van der Waals surface area (Å²) in [7, 11) is -1.35. The molecule has 0 spiro atoms. The summed E-state index contributed by atoms with van der Waals surface area (Å²) in [5, 5.41) is 0. The molecule has 1 atom stereocenters. The Morgan fingerprint density at radius 1 is 1.00 bits per heavy atom. The molecule has 0 aliphatic carbocycles.